The average molecular weight is 217 g/mol. The molecule has 0 radical (unpaired) electrons. The molecule has 14 heavy (non-hydrogen) atoms. The van der Waals surface area contributed by atoms with Gasteiger partial charge in [-0.25, -0.2) is 4.79 Å². The summed E-state index contributed by atoms with van der Waals surface area (Å²) in [4.78, 5) is 11.3. The third-order valence-corrected chi connectivity index (χ3v) is 3.42. The largest absolute Gasteiger partial charge is 0.338 e. The molecule has 1 fully saturated rings. The van der Waals surface area contributed by atoms with E-state index in [0.29, 0.717) is 18.5 Å². The van der Waals surface area contributed by atoms with Crippen molar-refractivity contribution in [3.8, 4) is 0 Å². The molecule has 4 nitrogen and oxygen atoms in total. The van der Waals surface area contributed by atoms with Gasteiger partial charge >= 0.3 is 6.03 Å². The smallest absolute Gasteiger partial charge is 0.315 e. The molecule has 0 aromatic rings. The molecule has 2 amide bonds. The summed E-state index contributed by atoms with van der Waals surface area (Å²) in [5.74, 6) is 1.16. The van der Waals surface area contributed by atoms with E-state index in [1.165, 1.54) is 12.8 Å². The summed E-state index contributed by atoms with van der Waals surface area (Å²) < 4.78 is 0. The van der Waals surface area contributed by atoms with E-state index in [2.05, 4.69) is 10.6 Å². The van der Waals surface area contributed by atoms with Crippen LogP contribution in [0, 0.1) is 0 Å². The lowest BCUT2D eigenvalue weighted by Gasteiger charge is -2.22. The normalized spacial score (nSPS) is 21.6. The van der Waals surface area contributed by atoms with E-state index in [-0.39, 0.29) is 6.03 Å². The Kier molecular flexibility index (Phi) is 5.78. The average Bonchev–Trinajstić information content (AvgIpc) is 2.20. The van der Waals surface area contributed by atoms with Gasteiger partial charge in [0.1, 0.15) is 0 Å². The van der Waals surface area contributed by atoms with E-state index in [1.807, 2.05) is 11.8 Å². The third kappa shape index (κ3) is 4.72. The highest BCUT2D eigenvalue weighted by atomic mass is 32.2. The van der Waals surface area contributed by atoms with Gasteiger partial charge in [0.15, 0.2) is 0 Å². The Morgan fingerprint density at radius 3 is 3.00 bits per heavy atom. The van der Waals surface area contributed by atoms with Crippen molar-refractivity contribution in [1.29, 1.82) is 0 Å². The summed E-state index contributed by atoms with van der Waals surface area (Å²) in [6.45, 7) is 1.29. The van der Waals surface area contributed by atoms with Gasteiger partial charge in [-0.3, -0.25) is 0 Å². The zero-order valence-electron chi connectivity index (χ0n) is 8.42. The first-order valence-electron chi connectivity index (χ1n) is 5.19. The molecular formula is C9H19N3OS. The molecule has 0 aliphatic carbocycles. The molecule has 1 heterocycles. The number of hydrogen-bond donors (Lipinski definition) is 3. The molecule has 0 saturated carbocycles. The van der Waals surface area contributed by atoms with Crippen LogP contribution in [0.5, 0.6) is 0 Å². The number of hydrogen-bond acceptors (Lipinski definition) is 3. The zero-order valence-corrected chi connectivity index (χ0v) is 9.24. The predicted molar refractivity (Wildman–Crippen MR) is 60.3 cm³/mol. The fourth-order valence-corrected chi connectivity index (χ4v) is 2.53. The van der Waals surface area contributed by atoms with Crippen LogP contribution >= 0.6 is 11.8 Å². The lowest BCUT2D eigenvalue weighted by Crippen LogP contribution is -2.42. The van der Waals surface area contributed by atoms with Crippen LogP contribution in [0.15, 0.2) is 0 Å². The maximum absolute atomic E-state index is 11.3. The van der Waals surface area contributed by atoms with E-state index >= 15 is 0 Å². The summed E-state index contributed by atoms with van der Waals surface area (Å²) >= 11 is 1.83. The van der Waals surface area contributed by atoms with Crippen LogP contribution in [-0.2, 0) is 0 Å². The molecule has 0 aromatic carbocycles. The van der Waals surface area contributed by atoms with Crippen LogP contribution in [0.2, 0.25) is 0 Å². The predicted octanol–water partition coefficient (Wildman–Crippen LogP) is 0.878. The van der Waals surface area contributed by atoms with Gasteiger partial charge in [-0.1, -0.05) is 0 Å². The van der Waals surface area contributed by atoms with Gasteiger partial charge in [0, 0.05) is 6.54 Å². The third-order valence-electron chi connectivity index (χ3n) is 2.14. The van der Waals surface area contributed by atoms with Crippen molar-refractivity contribution in [3.05, 3.63) is 0 Å². The van der Waals surface area contributed by atoms with Gasteiger partial charge in [-0.05, 0) is 38.0 Å². The standard InChI is InChI=1S/C9H19N3OS/c10-5-3-6-11-9(13)12-8-4-1-2-7-14-8/h8H,1-7,10H2,(H2,11,12,13). The minimum atomic E-state index is -0.0575. The van der Waals surface area contributed by atoms with Gasteiger partial charge < -0.3 is 16.4 Å². The first kappa shape index (κ1) is 11.7. The molecule has 82 valence electrons. The summed E-state index contributed by atoms with van der Waals surface area (Å²) in [5, 5.41) is 6.04. The second-order valence-electron chi connectivity index (χ2n) is 3.40. The lowest BCUT2D eigenvalue weighted by atomic mass is 10.2. The van der Waals surface area contributed by atoms with E-state index in [1.54, 1.807) is 0 Å². The molecule has 1 unspecified atom stereocenters. The van der Waals surface area contributed by atoms with E-state index in [4.69, 9.17) is 5.73 Å². The molecule has 5 heteroatoms. The van der Waals surface area contributed by atoms with E-state index in [9.17, 15) is 4.79 Å². The molecule has 0 aromatic heterocycles. The monoisotopic (exact) mass is 217 g/mol. The molecule has 0 spiro atoms. The first-order chi connectivity index (χ1) is 6.83. The molecule has 1 saturated heterocycles. The Balaban J connectivity index is 2.06. The molecule has 1 aliphatic heterocycles. The molecular weight excluding hydrogens is 198 g/mol. The van der Waals surface area contributed by atoms with Crippen molar-refractivity contribution < 1.29 is 4.79 Å². The molecule has 1 rings (SSSR count). The zero-order chi connectivity index (χ0) is 10.2. The first-order valence-corrected chi connectivity index (χ1v) is 6.24. The van der Waals surface area contributed by atoms with Crippen molar-refractivity contribution in [2.75, 3.05) is 18.8 Å². The number of thioether (sulfide) groups is 1. The highest BCUT2D eigenvalue weighted by Gasteiger charge is 2.15. The van der Waals surface area contributed by atoms with Crippen molar-refractivity contribution >= 4 is 17.8 Å². The minimum absolute atomic E-state index is 0.0575. The Morgan fingerprint density at radius 2 is 2.36 bits per heavy atom. The van der Waals surface area contributed by atoms with Crippen LogP contribution < -0.4 is 16.4 Å². The van der Waals surface area contributed by atoms with E-state index in [0.717, 1.165) is 18.6 Å². The number of carbonyl (C=O) groups excluding carboxylic acids is 1. The highest BCUT2D eigenvalue weighted by Crippen LogP contribution is 2.22. The Bertz CT molecular complexity index is 171. The quantitative estimate of drug-likeness (QED) is 0.612. The maximum Gasteiger partial charge on any atom is 0.315 e. The lowest BCUT2D eigenvalue weighted by molar-refractivity contribution is 0.239. The van der Waals surface area contributed by atoms with Crippen LogP contribution in [0.3, 0.4) is 0 Å². The van der Waals surface area contributed by atoms with Gasteiger partial charge in [-0.15, -0.1) is 11.8 Å². The molecule has 4 N–H and O–H groups in total. The van der Waals surface area contributed by atoms with Gasteiger partial charge in [0.25, 0.3) is 0 Å². The van der Waals surface area contributed by atoms with Crippen LogP contribution in [0.4, 0.5) is 4.79 Å². The second-order valence-corrected chi connectivity index (χ2v) is 4.71. The number of carbonyl (C=O) groups is 1. The van der Waals surface area contributed by atoms with Crippen LogP contribution in [0.25, 0.3) is 0 Å². The number of nitrogens with two attached hydrogens (primary N) is 1. The Hall–Kier alpha value is -0.420. The molecule has 1 aliphatic rings. The SMILES string of the molecule is NCCCNC(=O)NC1CCCCS1. The van der Waals surface area contributed by atoms with Gasteiger partial charge in [0.05, 0.1) is 5.37 Å². The Labute approximate surface area is 89.4 Å². The van der Waals surface area contributed by atoms with Crippen molar-refractivity contribution in [2.24, 2.45) is 5.73 Å². The van der Waals surface area contributed by atoms with Gasteiger partial charge in [-0.2, -0.15) is 0 Å². The summed E-state index contributed by atoms with van der Waals surface area (Å²) in [6, 6.07) is -0.0575. The van der Waals surface area contributed by atoms with Gasteiger partial charge in [0.2, 0.25) is 0 Å². The second kappa shape index (κ2) is 6.95. The number of rotatable bonds is 4. The van der Waals surface area contributed by atoms with Crippen molar-refractivity contribution in [2.45, 2.75) is 31.1 Å². The van der Waals surface area contributed by atoms with E-state index < -0.39 is 0 Å². The summed E-state index contributed by atoms with van der Waals surface area (Å²) in [7, 11) is 0. The van der Waals surface area contributed by atoms with Crippen LogP contribution in [-0.4, -0.2) is 30.2 Å². The summed E-state index contributed by atoms with van der Waals surface area (Å²) in [5.41, 5.74) is 5.32. The highest BCUT2D eigenvalue weighted by molar-refractivity contribution is 7.99. The van der Waals surface area contributed by atoms with Crippen molar-refractivity contribution in [1.82, 2.24) is 10.6 Å². The molecule has 0 bridgehead atoms. The van der Waals surface area contributed by atoms with Crippen LogP contribution in [0.1, 0.15) is 25.7 Å². The maximum atomic E-state index is 11.3. The topological polar surface area (TPSA) is 67.1 Å². The molecule has 1 atom stereocenters. The summed E-state index contributed by atoms with van der Waals surface area (Å²) in [6.07, 6.45) is 4.43. The fraction of sp³-hybridized carbons (Fsp3) is 0.889. The minimum Gasteiger partial charge on any atom is -0.338 e. The van der Waals surface area contributed by atoms with Crippen molar-refractivity contribution in [3.63, 3.8) is 0 Å². The number of nitrogens with one attached hydrogen (secondary N) is 2. The fourth-order valence-electron chi connectivity index (χ4n) is 1.36. The number of amides is 2. The Morgan fingerprint density at radius 1 is 1.50 bits per heavy atom. The number of urea groups is 1.